The van der Waals surface area contributed by atoms with Crippen LogP contribution in [0.1, 0.15) is 19.4 Å². The normalized spacial score (nSPS) is 10.9. The van der Waals surface area contributed by atoms with Crippen molar-refractivity contribution < 1.29 is 4.74 Å². The highest BCUT2D eigenvalue weighted by Gasteiger charge is 2.07. The molecule has 0 saturated heterocycles. The van der Waals surface area contributed by atoms with Gasteiger partial charge in [0.1, 0.15) is 12.4 Å². The second-order valence-electron chi connectivity index (χ2n) is 4.02. The topological polar surface area (TPSA) is 38.5 Å². The Bertz CT molecular complexity index is 354. The highest BCUT2D eigenvalue weighted by molar-refractivity contribution is 7.98. The molecule has 0 aliphatic rings. The number of ether oxygens (including phenoxy) is 1. The van der Waals surface area contributed by atoms with Crippen molar-refractivity contribution in [3.63, 3.8) is 0 Å². The Morgan fingerprint density at radius 1 is 1.28 bits per heavy atom. The Hall–Kier alpha value is -0.710. The van der Waals surface area contributed by atoms with E-state index in [0.29, 0.717) is 13.2 Å². The molecular formula is C14H24N2OS. The molecule has 3 nitrogen and oxygen atoms in total. The van der Waals surface area contributed by atoms with Crippen LogP contribution in [0.5, 0.6) is 5.75 Å². The molecule has 0 amide bonds. The van der Waals surface area contributed by atoms with Crippen molar-refractivity contribution in [2.24, 2.45) is 5.73 Å². The van der Waals surface area contributed by atoms with Crippen molar-refractivity contribution in [2.45, 2.75) is 25.3 Å². The van der Waals surface area contributed by atoms with Crippen LogP contribution in [-0.4, -0.2) is 37.4 Å². The van der Waals surface area contributed by atoms with E-state index in [4.69, 9.17) is 10.5 Å². The Kier molecular flexibility index (Phi) is 7.16. The molecule has 0 spiro atoms. The summed E-state index contributed by atoms with van der Waals surface area (Å²) in [5.74, 6) is 0.927. The third-order valence-electron chi connectivity index (χ3n) is 3.07. The summed E-state index contributed by atoms with van der Waals surface area (Å²) in [7, 11) is 0. The molecule has 2 N–H and O–H groups in total. The summed E-state index contributed by atoms with van der Waals surface area (Å²) in [5.41, 5.74) is 6.92. The number of benzene rings is 1. The highest BCUT2D eigenvalue weighted by Crippen LogP contribution is 2.28. The molecular weight excluding hydrogens is 244 g/mol. The number of thioether (sulfide) groups is 1. The van der Waals surface area contributed by atoms with Crippen LogP contribution in [0.3, 0.4) is 0 Å². The lowest BCUT2D eigenvalue weighted by Crippen LogP contribution is -2.28. The van der Waals surface area contributed by atoms with E-state index in [9.17, 15) is 0 Å². The Labute approximate surface area is 115 Å². The van der Waals surface area contributed by atoms with Gasteiger partial charge in [0.05, 0.1) is 0 Å². The van der Waals surface area contributed by atoms with Gasteiger partial charge < -0.3 is 15.4 Å². The second kappa shape index (κ2) is 8.40. The minimum Gasteiger partial charge on any atom is -0.492 e. The first-order valence-electron chi connectivity index (χ1n) is 6.47. The van der Waals surface area contributed by atoms with E-state index in [1.54, 1.807) is 11.8 Å². The molecule has 18 heavy (non-hydrogen) atoms. The Morgan fingerprint density at radius 3 is 2.56 bits per heavy atom. The van der Waals surface area contributed by atoms with Gasteiger partial charge in [-0.1, -0.05) is 19.9 Å². The fourth-order valence-corrected chi connectivity index (χ4v) is 2.54. The highest BCUT2D eigenvalue weighted by atomic mass is 32.2. The molecule has 0 bridgehead atoms. The Morgan fingerprint density at radius 2 is 2.00 bits per heavy atom. The van der Waals surface area contributed by atoms with Crippen molar-refractivity contribution >= 4 is 11.8 Å². The summed E-state index contributed by atoms with van der Waals surface area (Å²) < 4.78 is 5.87. The van der Waals surface area contributed by atoms with E-state index in [-0.39, 0.29) is 0 Å². The van der Waals surface area contributed by atoms with Crippen molar-refractivity contribution in [1.82, 2.24) is 4.90 Å². The molecule has 0 saturated carbocycles. The van der Waals surface area contributed by atoms with Gasteiger partial charge in [0.25, 0.3) is 0 Å². The predicted octanol–water partition coefficient (Wildman–Crippen LogP) is 2.59. The average molecular weight is 268 g/mol. The van der Waals surface area contributed by atoms with Gasteiger partial charge in [-0.15, -0.1) is 11.8 Å². The molecule has 0 fully saturated rings. The molecule has 0 aliphatic heterocycles. The number of nitrogens with two attached hydrogens (primary N) is 1. The van der Waals surface area contributed by atoms with E-state index in [1.165, 1.54) is 4.90 Å². The molecule has 4 heteroatoms. The van der Waals surface area contributed by atoms with Gasteiger partial charge in [-0.05, 0) is 31.5 Å². The quantitative estimate of drug-likeness (QED) is 0.736. The van der Waals surface area contributed by atoms with Crippen molar-refractivity contribution in [3.05, 3.63) is 23.8 Å². The minimum absolute atomic E-state index is 0.525. The summed E-state index contributed by atoms with van der Waals surface area (Å²) in [6, 6.07) is 6.12. The zero-order chi connectivity index (χ0) is 13.4. The fraction of sp³-hybridized carbons (Fsp3) is 0.571. The number of rotatable bonds is 8. The minimum atomic E-state index is 0.525. The summed E-state index contributed by atoms with van der Waals surface area (Å²) in [6.45, 7) is 8.67. The van der Waals surface area contributed by atoms with Crippen LogP contribution >= 0.6 is 11.8 Å². The van der Waals surface area contributed by atoms with E-state index in [1.807, 2.05) is 12.1 Å². The lowest BCUT2D eigenvalue weighted by Gasteiger charge is -2.19. The van der Waals surface area contributed by atoms with E-state index in [0.717, 1.165) is 30.9 Å². The van der Waals surface area contributed by atoms with Gasteiger partial charge in [0.15, 0.2) is 0 Å². The summed E-state index contributed by atoms with van der Waals surface area (Å²) >= 11 is 1.71. The van der Waals surface area contributed by atoms with Gasteiger partial charge in [0, 0.05) is 23.5 Å². The largest absolute Gasteiger partial charge is 0.492 e. The SMILES string of the molecule is CCN(CC)CCOc1cccc(SC)c1CN. The Balaban J connectivity index is 2.61. The first kappa shape index (κ1) is 15.3. The van der Waals surface area contributed by atoms with Crippen LogP contribution in [0.15, 0.2) is 23.1 Å². The third-order valence-corrected chi connectivity index (χ3v) is 3.90. The summed E-state index contributed by atoms with van der Waals surface area (Å²) in [6.07, 6.45) is 2.06. The zero-order valence-electron chi connectivity index (χ0n) is 11.6. The number of likely N-dealkylation sites (N-methyl/N-ethyl adjacent to an activating group) is 1. The van der Waals surface area contributed by atoms with Gasteiger partial charge in [-0.3, -0.25) is 0 Å². The zero-order valence-corrected chi connectivity index (χ0v) is 12.4. The van der Waals surface area contributed by atoms with E-state index < -0.39 is 0 Å². The molecule has 1 rings (SSSR count). The van der Waals surface area contributed by atoms with Crippen LogP contribution in [0.2, 0.25) is 0 Å². The average Bonchev–Trinajstić information content (AvgIpc) is 2.43. The van der Waals surface area contributed by atoms with Crippen molar-refractivity contribution in [1.29, 1.82) is 0 Å². The van der Waals surface area contributed by atoms with Gasteiger partial charge in [0.2, 0.25) is 0 Å². The molecule has 0 heterocycles. The molecule has 0 radical (unpaired) electrons. The van der Waals surface area contributed by atoms with Crippen LogP contribution in [0.4, 0.5) is 0 Å². The molecule has 0 unspecified atom stereocenters. The van der Waals surface area contributed by atoms with Gasteiger partial charge in [-0.25, -0.2) is 0 Å². The molecule has 1 aromatic carbocycles. The lowest BCUT2D eigenvalue weighted by atomic mass is 10.2. The predicted molar refractivity (Wildman–Crippen MR) is 79.4 cm³/mol. The van der Waals surface area contributed by atoms with Crippen LogP contribution in [0, 0.1) is 0 Å². The standard InChI is InChI=1S/C14H24N2OS/c1-4-16(5-2)9-10-17-13-7-6-8-14(18-3)12(13)11-15/h6-8H,4-5,9-11,15H2,1-3H3. The smallest absolute Gasteiger partial charge is 0.124 e. The van der Waals surface area contributed by atoms with Gasteiger partial charge in [-0.2, -0.15) is 0 Å². The number of hydrogen-bond acceptors (Lipinski definition) is 4. The second-order valence-corrected chi connectivity index (χ2v) is 4.86. The van der Waals surface area contributed by atoms with Gasteiger partial charge >= 0.3 is 0 Å². The van der Waals surface area contributed by atoms with E-state index in [2.05, 4.69) is 31.1 Å². The molecule has 0 atom stereocenters. The third kappa shape index (κ3) is 4.19. The van der Waals surface area contributed by atoms with Crippen molar-refractivity contribution in [3.8, 4) is 5.75 Å². The monoisotopic (exact) mass is 268 g/mol. The molecule has 102 valence electrons. The van der Waals surface area contributed by atoms with E-state index >= 15 is 0 Å². The number of hydrogen-bond donors (Lipinski definition) is 1. The fourth-order valence-electron chi connectivity index (χ4n) is 1.90. The molecule has 0 aromatic heterocycles. The molecule has 1 aromatic rings. The summed E-state index contributed by atoms with van der Waals surface area (Å²) in [4.78, 5) is 3.55. The van der Waals surface area contributed by atoms with Crippen LogP contribution in [-0.2, 0) is 6.54 Å². The van der Waals surface area contributed by atoms with Crippen LogP contribution in [0.25, 0.3) is 0 Å². The summed E-state index contributed by atoms with van der Waals surface area (Å²) in [5, 5.41) is 0. The maximum absolute atomic E-state index is 5.87. The molecule has 0 aliphatic carbocycles. The first-order chi connectivity index (χ1) is 8.76. The van der Waals surface area contributed by atoms with Crippen molar-refractivity contribution in [2.75, 3.05) is 32.5 Å². The number of nitrogens with zero attached hydrogens (tertiary/aromatic N) is 1. The lowest BCUT2D eigenvalue weighted by molar-refractivity contribution is 0.221. The van der Waals surface area contributed by atoms with Crippen LogP contribution < -0.4 is 10.5 Å². The maximum Gasteiger partial charge on any atom is 0.124 e. The first-order valence-corrected chi connectivity index (χ1v) is 7.70. The maximum atomic E-state index is 5.87.